The Morgan fingerprint density at radius 1 is 1.57 bits per heavy atom. The van der Waals surface area contributed by atoms with Gasteiger partial charge in [-0.15, -0.1) is 0 Å². The topological polar surface area (TPSA) is 55.5 Å². The molecule has 0 aromatic heterocycles. The lowest BCUT2D eigenvalue weighted by Gasteiger charge is -2.11. The second kappa shape index (κ2) is 4.93. The molecule has 0 saturated heterocycles. The van der Waals surface area contributed by atoms with Crippen molar-refractivity contribution in [2.75, 3.05) is 13.2 Å². The van der Waals surface area contributed by atoms with Crippen LogP contribution in [0.25, 0.3) is 0 Å². The Hall–Kier alpha value is -1.13. The van der Waals surface area contributed by atoms with Crippen LogP contribution in [0.4, 0.5) is 4.39 Å². The molecule has 0 aliphatic carbocycles. The average Bonchev–Trinajstić information content (AvgIpc) is 2.19. The van der Waals surface area contributed by atoms with Crippen LogP contribution in [0.5, 0.6) is 5.75 Å². The molecular weight excluding hydrogens is 185 g/mol. The SMILES string of the molecule is Cc1ccc(F)cc1OCC(O)CN. The van der Waals surface area contributed by atoms with E-state index in [4.69, 9.17) is 15.6 Å². The molecule has 1 atom stereocenters. The third kappa shape index (κ3) is 2.97. The predicted octanol–water partition coefficient (Wildman–Crippen LogP) is 0.833. The molecule has 0 amide bonds. The Kier molecular flexibility index (Phi) is 3.85. The van der Waals surface area contributed by atoms with E-state index in [0.717, 1.165) is 5.56 Å². The summed E-state index contributed by atoms with van der Waals surface area (Å²) >= 11 is 0. The van der Waals surface area contributed by atoms with Crippen LogP contribution in [0.2, 0.25) is 0 Å². The number of aryl methyl sites for hydroxylation is 1. The van der Waals surface area contributed by atoms with E-state index in [1.54, 1.807) is 6.07 Å². The maximum absolute atomic E-state index is 12.8. The van der Waals surface area contributed by atoms with Gasteiger partial charge in [0.1, 0.15) is 24.3 Å². The maximum Gasteiger partial charge on any atom is 0.126 e. The quantitative estimate of drug-likeness (QED) is 0.755. The molecule has 78 valence electrons. The molecule has 0 bridgehead atoms. The summed E-state index contributed by atoms with van der Waals surface area (Å²) < 4.78 is 18.0. The van der Waals surface area contributed by atoms with Gasteiger partial charge in [0, 0.05) is 12.6 Å². The number of aliphatic hydroxyl groups is 1. The van der Waals surface area contributed by atoms with Crippen LogP contribution in [0.1, 0.15) is 5.56 Å². The zero-order valence-corrected chi connectivity index (χ0v) is 8.03. The average molecular weight is 199 g/mol. The number of halogens is 1. The molecule has 1 rings (SSSR count). The maximum atomic E-state index is 12.8. The van der Waals surface area contributed by atoms with Crippen molar-refractivity contribution < 1.29 is 14.2 Å². The van der Waals surface area contributed by atoms with E-state index in [0.29, 0.717) is 5.75 Å². The van der Waals surface area contributed by atoms with Crippen molar-refractivity contribution in [3.05, 3.63) is 29.6 Å². The standard InChI is InChI=1S/C10H14FNO2/c1-7-2-3-8(11)4-10(7)14-6-9(13)5-12/h2-4,9,13H,5-6,12H2,1H3. The Bertz CT molecular complexity index is 304. The molecule has 0 spiro atoms. The van der Waals surface area contributed by atoms with Gasteiger partial charge >= 0.3 is 0 Å². The van der Waals surface area contributed by atoms with Crippen LogP contribution < -0.4 is 10.5 Å². The summed E-state index contributed by atoms with van der Waals surface area (Å²) in [6.45, 7) is 2.03. The van der Waals surface area contributed by atoms with E-state index in [1.165, 1.54) is 12.1 Å². The molecule has 3 N–H and O–H groups in total. The number of rotatable bonds is 4. The number of aliphatic hydroxyl groups excluding tert-OH is 1. The number of benzene rings is 1. The molecule has 0 aliphatic rings. The molecule has 1 unspecified atom stereocenters. The van der Waals surface area contributed by atoms with Gasteiger partial charge in [0.05, 0.1) is 0 Å². The van der Waals surface area contributed by atoms with Crippen LogP contribution in [-0.4, -0.2) is 24.4 Å². The first kappa shape index (κ1) is 10.9. The van der Waals surface area contributed by atoms with Crippen molar-refractivity contribution in [1.82, 2.24) is 0 Å². The van der Waals surface area contributed by atoms with Crippen LogP contribution in [-0.2, 0) is 0 Å². The molecule has 1 aromatic rings. The number of ether oxygens (including phenoxy) is 1. The van der Waals surface area contributed by atoms with Gasteiger partial charge in [-0.05, 0) is 18.6 Å². The molecule has 1 aromatic carbocycles. The normalized spacial score (nSPS) is 12.6. The predicted molar refractivity (Wildman–Crippen MR) is 51.7 cm³/mol. The van der Waals surface area contributed by atoms with Crippen molar-refractivity contribution in [3.63, 3.8) is 0 Å². The minimum absolute atomic E-state index is 0.0841. The molecule has 0 radical (unpaired) electrons. The fourth-order valence-corrected chi connectivity index (χ4v) is 0.983. The molecule has 3 nitrogen and oxygen atoms in total. The van der Waals surface area contributed by atoms with Crippen LogP contribution in [0, 0.1) is 12.7 Å². The number of nitrogens with two attached hydrogens (primary N) is 1. The number of hydrogen-bond acceptors (Lipinski definition) is 3. The summed E-state index contributed by atoms with van der Waals surface area (Å²) in [5, 5.41) is 9.14. The largest absolute Gasteiger partial charge is 0.490 e. The van der Waals surface area contributed by atoms with Crippen molar-refractivity contribution in [2.24, 2.45) is 5.73 Å². The fourth-order valence-electron chi connectivity index (χ4n) is 0.983. The Morgan fingerprint density at radius 2 is 2.29 bits per heavy atom. The molecule has 0 aliphatic heterocycles. The smallest absolute Gasteiger partial charge is 0.126 e. The minimum Gasteiger partial charge on any atom is -0.490 e. The molecular formula is C10H14FNO2. The monoisotopic (exact) mass is 199 g/mol. The molecule has 0 saturated carbocycles. The van der Waals surface area contributed by atoms with E-state index in [1.807, 2.05) is 6.92 Å². The Labute approximate surface area is 82.3 Å². The zero-order chi connectivity index (χ0) is 10.6. The van der Waals surface area contributed by atoms with Crippen LogP contribution in [0.15, 0.2) is 18.2 Å². The van der Waals surface area contributed by atoms with Gasteiger partial charge in [-0.2, -0.15) is 0 Å². The van der Waals surface area contributed by atoms with Crippen LogP contribution >= 0.6 is 0 Å². The molecule has 0 fully saturated rings. The van der Waals surface area contributed by atoms with Crippen molar-refractivity contribution in [1.29, 1.82) is 0 Å². The summed E-state index contributed by atoms with van der Waals surface area (Å²) in [4.78, 5) is 0. The Morgan fingerprint density at radius 3 is 2.93 bits per heavy atom. The van der Waals surface area contributed by atoms with Gasteiger partial charge in [-0.1, -0.05) is 6.07 Å². The van der Waals surface area contributed by atoms with Crippen molar-refractivity contribution in [2.45, 2.75) is 13.0 Å². The highest BCUT2D eigenvalue weighted by molar-refractivity contribution is 5.32. The lowest BCUT2D eigenvalue weighted by atomic mass is 10.2. The minimum atomic E-state index is -0.710. The first-order chi connectivity index (χ1) is 6.63. The highest BCUT2D eigenvalue weighted by Crippen LogP contribution is 2.18. The van der Waals surface area contributed by atoms with Gasteiger partial charge in [0.25, 0.3) is 0 Å². The first-order valence-electron chi connectivity index (χ1n) is 4.40. The highest BCUT2D eigenvalue weighted by Gasteiger charge is 2.05. The van der Waals surface area contributed by atoms with Gasteiger partial charge in [0.2, 0.25) is 0 Å². The molecule has 0 heterocycles. The summed E-state index contributed by atoms with van der Waals surface area (Å²) in [7, 11) is 0. The van der Waals surface area contributed by atoms with E-state index >= 15 is 0 Å². The molecule has 4 heteroatoms. The van der Waals surface area contributed by atoms with E-state index in [2.05, 4.69) is 0 Å². The van der Waals surface area contributed by atoms with E-state index in [-0.39, 0.29) is 19.0 Å². The Balaban J connectivity index is 2.62. The first-order valence-corrected chi connectivity index (χ1v) is 4.40. The van der Waals surface area contributed by atoms with Gasteiger partial charge in [-0.3, -0.25) is 0 Å². The van der Waals surface area contributed by atoms with Crippen LogP contribution in [0.3, 0.4) is 0 Å². The van der Waals surface area contributed by atoms with E-state index in [9.17, 15) is 4.39 Å². The zero-order valence-electron chi connectivity index (χ0n) is 8.03. The summed E-state index contributed by atoms with van der Waals surface area (Å²) in [5.74, 6) is 0.0883. The van der Waals surface area contributed by atoms with Gasteiger partial charge in [0.15, 0.2) is 0 Å². The summed E-state index contributed by atoms with van der Waals surface area (Å²) in [5.41, 5.74) is 6.03. The van der Waals surface area contributed by atoms with E-state index < -0.39 is 6.10 Å². The summed E-state index contributed by atoms with van der Waals surface area (Å²) in [6.07, 6.45) is -0.710. The lowest BCUT2D eigenvalue weighted by molar-refractivity contribution is 0.113. The third-order valence-corrected chi connectivity index (χ3v) is 1.85. The second-order valence-electron chi connectivity index (χ2n) is 3.11. The highest BCUT2D eigenvalue weighted by atomic mass is 19.1. The van der Waals surface area contributed by atoms with Crippen molar-refractivity contribution >= 4 is 0 Å². The van der Waals surface area contributed by atoms with Gasteiger partial charge < -0.3 is 15.6 Å². The van der Waals surface area contributed by atoms with Gasteiger partial charge in [-0.25, -0.2) is 4.39 Å². The fraction of sp³-hybridized carbons (Fsp3) is 0.400. The second-order valence-corrected chi connectivity index (χ2v) is 3.11. The molecule has 14 heavy (non-hydrogen) atoms. The third-order valence-electron chi connectivity index (χ3n) is 1.85. The lowest BCUT2D eigenvalue weighted by Crippen LogP contribution is -2.26. The summed E-state index contributed by atoms with van der Waals surface area (Å²) in [6, 6.07) is 4.28. The van der Waals surface area contributed by atoms with Crippen molar-refractivity contribution in [3.8, 4) is 5.75 Å². The number of hydrogen-bond donors (Lipinski definition) is 2.